The minimum atomic E-state index is 0.114. The third-order valence-electron chi connectivity index (χ3n) is 4.46. The van der Waals surface area contributed by atoms with Crippen LogP contribution in [-0.4, -0.2) is 47.7 Å². The lowest BCUT2D eigenvalue weighted by atomic mass is 9.96. The lowest BCUT2D eigenvalue weighted by Crippen LogP contribution is -2.39. The number of aromatic nitrogens is 2. The van der Waals surface area contributed by atoms with Gasteiger partial charge in [0, 0.05) is 18.5 Å². The average molecular weight is 344 g/mol. The zero-order valence-electron chi connectivity index (χ0n) is 14.7. The lowest BCUT2D eigenvalue weighted by molar-refractivity contribution is -0.125. The van der Waals surface area contributed by atoms with Crippen molar-refractivity contribution in [2.75, 3.05) is 26.7 Å². The van der Waals surface area contributed by atoms with Gasteiger partial charge in [-0.1, -0.05) is 5.16 Å². The number of nitrogens with zero attached hydrogens (tertiary/aromatic N) is 3. The average Bonchev–Trinajstić information content (AvgIpc) is 3.11. The fourth-order valence-corrected chi connectivity index (χ4v) is 3.05. The molecule has 0 atom stereocenters. The summed E-state index contributed by atoms with van der Waals surface area (Å²) in [7, 11) is 1.69. The molecule has 1 aliphatic heterocycles. The van der Waals surface area contributed by atoms with Gasteiger partial charge in [0.25, 0.3) is 0 Å². The Bertz CT molecular complexity index is 691. The van der Waals surface area contributed by atoms with E-state index in [2.05, 4.69) is 20.4 Å². The molecule has 7 nitrogen and oxygen atoms in total. The number of hydrogen-bond acceptors (Lipinski definition) is 6. The number of ether oxygens (including phenoxy) is 1. The van der Waals surface area contributed by atoms with Gasteiger partial charge in [-0.15, -0.1) is 0 Å². The molecule has 134 valence electrons. The summed E-state index contributed by atoms with van der Waals surface area (Å²) in [6.45, 7) is 4.93. The highest BCUT2D eigenvalue weighted by Gasteiger charge is 2.25. The third kappa shape index (κ3) is 4.36. The number of likely N-dealkylation sites (tertiary alicyclic amines) is 1. The second kappa shape index (κ2) is 8.11. The molecule has 1 N–H and O–H groups in total. The number of amides is 1. The molecule has 0 aliphatic carbocycles. The van der Waals surface area contributed by atoms with Crippen molar-refractivity contribution in [2.45, 2.75) is 26.3 Å². The first-order valence-corrected chi connectivity index (χ1v) is 8.69. The summed E-state index contributed by atoms with van der Waals surface area (Å²) in [4.78, 5) is 18.4. The van der Waals surface area contributed by atoms with E-state index in [0.717, 1.165) is 37.2 Å². The van der Waals surface area contributed by atoms with Crippen LogP contribution in [-0.2, 0) is 11.3 Å². The Kier molecular flexibility index (Phi) is 5.65. The molecule has 25 heavy (non-hydrogen) atoms. The van der Waals surface area contributed by atoms with Crippen molar-refractivity contribution in [2.24, 2.45) is 5.92 Å². The van der Waals surface area contributed by atoms with E-state index in [0.29, 0.717) is 24.9 Å². The number of rotatable bonds is 6. The van der Waals surface area contributed by atoms with Crippen molar-refractivity contribution in [3.05, 3.63) is 30.2 Å². The molecule has 1 fully saturated rings. The number of carbonyl (C=O) groups is 1. The van der Waals surface area contributed by atoms with Gasteiger partial charge in [0.1, 0.15) is 5.75 Å². The van der Waals surface area contributed by atoms with E-state index in [9.17, 15) is 4.79 Å². The highest BCUT2D eigenvalue weighted by Crippen LogP contribution is 2.22. The predicted octanol–water partition coefficient (Wildman–Crippen LogP) is 2.09. The van der Waals surface area contributed by atoms with Gasteiger partial charge in [-0.3, -0.25) is 9.69 Å². The van der Waals surface area contributed by atoms with Gasteiger partial charge in [0.15, 0.2) is 0 Å². The SMILES string of the molecule is CCOc1ccc(-c2noc(CN3CCC(C(=O)NC)CC3)n2)cc1. The van der Waals surface area contributed by atoms with Crippen LogP contribution in [0.5, 0.6) is 5.75 Å². The minimum Gasteiger partial charge on any atom is -0.494 e. The van der Waals surface area contributed by atoms with Crippen molar-refractivity contribution in [1.82, 2.24) is 20.4 Å². The van der Waals surface area contributed by atoms with Crippen LogP contribution in [0.15, 0.2) is 28.8 Å². The summed E-state index contributed by atoms with van der Waals surface area (Å²) in [5, 5.41) is 6.79. The van der Waals surface area contributed by atoms with Crippen molar-refractivity contribution in [1.29, 1.82) is 0 Å². The van der Waals surface area contributed by atoms with Crippen LogP contribution in [0.1, 0.15) is 25.7 Å². The maximum atomic E-state index is 11.7. The maximum Gasteiger partial charge on any atom is 0.241 e. The summed E-state index contributed by atoms with van der Waals surface area (Å²) in [5.74, 6) is 2.26. The number of hydrogen-bond donors (Lipinski definition) is 1. The second-order valence-electron chi connectivity index (χ2n) is 6.13. The van der Waals surface area contributed by atoms with Gasteiger partial charge < -0.3 is 14.6 Å². The molecule has 0 unspecified atom stereocenters. The summed E-state index contributed by atoms with van der Waals surface area (Å²) in [6.07, 6.45) is 1.72. The third-order valence-corrected chi connectivity index (χ3v) is 4.46. The molecule has 2 aromatic rings. The Hall–Kier alpha value is -2.41. The quantitative estimate of drug-likeness (QED) is 0.864. The minimum absolute atomic E-state index is 0.114. The lowest BCUT2D eigenvalue weighted by Gasteiger charge is -2.29. The van der Waals surface area contributed by atoms with Gasteiger partial charge in [0.2, 0.25) is 17.6 Å². The molecular formula is C18H24N4O3. The molecule has 1 aromatic heterocycles. The van der Waals surface area contributed by atoms with E-state index in [4.69, 9.17) is 9.26 Å². The fraction of sp³-hybridized carbons (Fsp3) is 0.500. The molecular weight excluding hydrogens is 320 g/mol. The van der Waals surface area contributed by atoms with Crippen molar-refractivity contribution < 1.29 is 14.1 Å². The van der Waals surface area contributed by atoms with Crippen LogP contribution >= 0.6 is 0 Å². The molecule has 7 heteroatoms. The van der Waals surface area contributed by atoms with E-state index in [-0.39, 0.29) is 11.8 Å². The first kappa shape index (κ1) is 17.4. The van der Waals surface area contributed by atoms with E-state index in [1.807, 2.05) is 31.2 Å². The number of carbonyl (C=O) groups excluding carboxylic acids is 1. The van der Waals surface area contributed by atoms with Crippen molar-refractivity contribution in [3.63, 3.8) is 0 Å². The zero-order valence-corrected chi connectivity index (χ0v) is 14.7. The molecule has 0 saturated carbocycles. The van der Waals surface area contributed by atoms with E-state index in [1.54, 1.807) is 7.05 Å². The molecule has 0 bridgehead atoms. The van der Waals surface area contributed by atoms with Crippen LogP contribution in [0, 0.1) is 5.92 Å². The molecule has 0 spiro atoms. The Labute approximate surface area is 147 Å². The normalized spacial score (nSPS) is 15.9. The highest BCUT2D eigenvalue weighted by molar-refractivity contribution is 5.78. The van der Waals surface area contributed by atoms with Crippen LogP contribution in [0.3, 0.4) is 0 Å². The maximum absolute atomic E-state index is 11.7. The Morgan fingerprint density at radius 3 is 2.68 bits per heavy atom. The molecule has 3 rings (SSSR count). The standard InChI is InChI=1S/C18H24N4O3/c1-3-24-15-6-4-13(5-7-15)17-20-16(25-21-17)12-22-10-8-14(9-11-22)18(23)19-2/h4-7,14H,3,8-12H2,1-2H3,(H,19,23). The molecule has 1 aromatic carbocycles. The molecule has 1 saturated heterocycles. The molecule has 0 radical (unpaired) electrons. The second-order valence-corrected chi connectivity index (χ2v) is 6.13. The van der Waals surface area contributed by atoms with E-state index < -0.39 is 0 Å². The van der Waals surface area contributed by atoms with Crippen LogP contribution in [0.4, 0.5) is 0 Å². The van der Waals surface area contributed by atoms with Gasteiger partial charge in [-0.2, -0.15) is 4.98 Å². The predicted molar refractivity (Wildman–Crippen MR) is 93.0 cm³/mol. The smallest absolute Gasteiger partial charge is 0.241 e. The molecule has 1 amide bonds. The summed E-state index contributed by atoms with van der Waals surface area (Å²) >= 11 is 0. The first-order valence-electron chi connectivity index (χ1n) is 8.69. The fourth-order valence-electron chi connectivity index (χ4n) is 3.05. The summed E-state index contributed by atoms with van der Waals surface area (Å²) < 4.78 is 10.8. The van der Waals surface area contributed by atoms with Gasteiger partial charge in [0.05, 0.1) is 13.2 Å². The van der Waals surface area contributed by atoms with E-state index >= 15 is 0 Å². The number of piperidine rings is 1. The Morgan fingerprint density at radius 1 is 1.32 bits per heavy atom. The van der Waals surface area contributed by atoms with Gasteiger partial charge in [-0.05, 0) is 57.1 Å². The van der Waals surface area contributed by atoms with Crippen LogP contribution < -0.4 is 10.1 Å². The Morgan fingerprint density at radius 2 is 2.04 bits per heavy atom. The molecule has 2 heterocycles. The Balaban J connectivity index is 1.56. The largest absolute Gasteiger partial charge is 0.494 e. The highest BCUT2D eigenvalue weighted by atomic mass is 16.5. The zero-order chi connectivity index (χ0) is 17.6. The van der Waals surface area contributed by atoms with Gasteiger partial charge in [-0.25, -0.2) is 0 Å². The van der Waals surface area contributed by atoms with E-state index in [1.165, 1.54) is 0 Å². The van der Waals surface area contributed by atoms with Crippen molar-refractivity contribution in [3.8, 4) is 17.1 Å². The van der Waals surface area contributed by atoms with Crippen LogP contribution in [0.25, 0.3) is 11.4 Å². The summed E-state index contributed by atoms with van der Waals surface area (Å²) in [5.41, 5.74) is 0.900. The first-order chi connectivity index (χ1) is 12.2. The topological polar surface area (TPSA) is 80.5 Å². The van der Waals surface area contributed by atoms with Crippen LogP contribution in [0.2, 0.25) is 0 Å². The van der Waals surface area contributed by atoms with Gasteiger partial charge >= 0.3 is 0 Å². The number of benzene rings is 1. The monoisotopic (exact) mass is 344 g/mol. The number of nitrogens with one attached hydrogen (secondary N) is 1. The summed E-state index contributed by atoms with van der Waals surface area (Å²) in [6, 6.07) is 7.65. The molecule has 1 aliphatic rings. The van der Waals surface area contributed by atoms with Crippen molar-refractivity contribution >= 4 is 5.91 Å².